The van der Waals surface area contributed by atoms with Crippen LogP contribution in [0, 0.1) is 6.92 Å². The summed E-state index contributed by atoms with van der Waals surface area (Å²) in [6, 6.07) is 15.8. The first-order chi connectivity index (χ1) is 11.2. The van der Waals surface area contributed by atoms with Crippen molar-refractivity contribution in [3.63, 3.8) is 0 Å². The molecule has 0 aliphatic rings. The number of hydrogen-bond donors (Lipinski definition) is 2. The Morgan fingerprint density at radius 3 is 2.52 bits per heavy atom. The summed E-state index contributed by atoms with van der Waals surface area (Å²) in [5.41, 5.74) is 3.15. The average Bonchev–Trinajstić information content (AvgIpc) is 3.05. The first-order valence-corrected chi connectivity index (χ1v) is 7.67. The predicted octanol–water partition coefficient (Wildman–Crippen LogP) is 3.47. The lowest BCUT2D eigenvalue weighted by Gasteiger charge is -2.11. The number of aliphatic hydroxyl groups is 1. The minimum Gasteiger partial charge on any atom is -0.460 e. The van der Waals surface area contributed by atoms with E-state index in [-0.39, 0.29) is 0 Å². The second-order valence-corrected chi connectivity index (χ2v) is 5.56. The summed E-state index contributed by atoms with van der Waals surface area (Å²) in [6.07, 6.45) is 2.81. The zero-order chi connectivity index (χ0) is 16.1. The van der Waals surface area contributed by atoms with Crippen molar-refractivity contribution in [2.75, 3.05) is 6.54 Å². The van der Waals surface area contributed by atoms with Crippen LogP contribution in [0.2, 0.25) is 0 Å². The minimum atomic E-state index is -0.551. The molecule has 0 radical (unpaired) electrons. The summed E-state index contributed by atoms with van der Waals surface area (Å²) in [6.45, 7) is 3.11. The Balaban J connectivity index is 1.54. The van der Waals surface area contributed by atoms with Crippen LogP contribution in [0.4, 0.5) is 0 Å². The van der Waals surface area contributed by atoms with Gasteiger partial charge in [-0.25, -0.2) is 0 Å². The van der Waals surface area contributed by atoms with Gasteiger partial charge in [0.05, 0.1) is 12.6 Å². The van der Waals surface area contributed by atoms with E-state index in [1.165, 1.54) is 5.56 Å². The second-order valence-electron chi connectivity index (χ2n) is 5.56. The van der Waals surface area contributed by atoms with Crippen LogP contribution in [0.3, 0.4) is 0 Å². The minimum absolute atomic E-state index is 0.463. The third kappa shape index (κ3) is 4.06. The van der Waals surface area contributed by atoms with Crippen LogP contribution in [0.1, 0.15) is 23.0 Å². The molecule has 0 fully saturated rings. The van der Waals surface area contributed by atoms with Crippen molar-refractivity contribution >= 4 is 0 Å². The molecule has 2 heterocycles. The van der Waals surface area contributed by atoms with Crippen molar-refractivity contribution in [2.45, 2.75) is 19.6 Å². The van der Waals surface area contributed by atoms with Gasteiger partial charge in [0.15, 0.2) is 0 Å². The molecule has 0 saturated heterocycles. The van der Waals surface area contributed by atoms with Gasteiger partial charge < -0.3 is 14.8 Å². The summed E-state index contributed by atoms with van der Waals surface area (Å²) in [4.78, 5) is 3.95. The second kappa shape index (κ2) is 7.22. The molecule has 3 aromatic rings. The van der Waals surface area contributed by atoms with E-state index in [0.717, 1.165) is 22.6 Å². The molecular weight excluding hydrogens is 288 g/mol. The third-order valence-corrected chi connectivity index (χ3v) is 3.73. The number of nitrogens with one attached hydrogen (secondary N) is 1. The van der Waals surface area contributed by atoms with E-state index < -0.39 is 6.10 Å². The third-order valence-electron chi connectivity index (χ3n) is 3.73. The van der Waals surface area contributed by atoms with E-state index in [9.17, 15) is 5.11 Å². The van der Waals surface area contributed by atoms with Gasteiger partial charge in [0.25, 0.3) is 0 Å². The molecule has 0 spiro atoms. The fourth-order valence-corrected chi connectivity index (χ4v) is 2.38. The van der Waals surface area contributed by atoms with Crippen LogP contribution in [0.15, 0.2) is 65.3 Å². The van der Waals surface area contributed by atoms with E-state index in [1.54, 1.807) is 12.4 Å². The van der Waals surface area contributed by atoms with Gasteiger partial charge in [0, 0.05) is 24.5 Å². The number of pyridine rings is 1. The van der Waals surface area contributed by atoms with Crippen molar-refractivity contribution < 1.29 is 9.52 Å². The Labute approximate surface area is 135 Å². The topological polar surface area (TPSA) is 58.3 Å². The number of nitrogens with zero attached hydrogens (tertiary/aromatic N) is 1. The molecule has 0 aliphatic carbocycles. The number of aliphatic hydroxyl groups excluding tert-OH is 1. The number of furan rings is 1. The summed E-state index contributed by atoms with van der Waals surface area (Å²) in [5.74, 6) is 1.71. The van der Waals surface area contributed by atoms with Gasteiger partial charge in [-0.15, -0.1) is 0 Å². The highest BCUT2D eigenvalue weighted by atomic mass is 16.3. The van der Waals surface area contributed by atoms with Gasteiger partial charge in [0.1, 0.15) is 11.5 Å². The highest BCUT2D eigenvalue weighted by molar-refractivity contribution is 5.57. The molecule has 4 nitrogen and oxygen atoms in total. The Hall–Kier alpha value is -2.43. The maximum Gasteiger partial charge on any atom is 0.134 e. The monoisotopic (exact) mass is 308 g/mol. The molecule has 118 valence electrons. The maximum absolute atomic E-state index is 10.1. The van der Waals surface area contributed by atoms with Crippen LogP contribution in [0.25, 0.3) is 11.3 Å². The standard InChI is InChI=1S/C19H20N2O2/c1-14-2-4-16(5-3-14)19-7-6-17(23-19)12-21-13-18(22)15-8-10-20-11-9-15/h2-11,18,21-22H,12-13H2,1H3. The molecule has 23 heavy (non-hydrogen) atoms. The summed E-state index contributed by atoms with van der Waals surface area (Å²) < 4.78 is 5.84. The molecule has 0 bridgehead atoms. The van der Waals surface area contributed by atoms with Crippen molar-refractivity contribution in [2.24, 2.45) is 0 Å². The average molecular weight is 308 g/mol. The molecule has 4 heteroatoms. The van der Waals surface area contributed by atoms with Crippen molar-refractivity contribution in [3.05, 3.63) is 77.8 Å². The van der Waals surface area contributed by atoms with Gasteiger partial charge in [-0.1, -0.05) is 29.8 Å². The molecular formula is C19H20N2O2. The molecule has 1 atom stereocenters. The lowest BCUT2D eigenvalue weighted by Crippen LogP contribution is -2.20. The highest BCUT2D eigenvalue weighted by Gasteiger charge is 2.08. The van der Waals surface area contributed by atoms with Gasteiger partial charge in [0.2, 0.25) is 0 Å². The largest absolute Gasteiger partial charge is 0.460 e. The molecule has 0 saturated carbocycles. The molecule has 3 rings (SSSR count). The quantitative estimate of drug-likeness (QED) is 0.732. The fraction of sp³-hybridized carbons (Fsp3) is 0.211. The maximum atomic E-state index is 10.1. The van der Waals surface area contributed by atoms with Gasteiger partial charge in [-0.05, 0) is 36.8 Å². The smallest absolute Gasteiger partial charge is 0.134 e. The number of hydrogen-bond acceptors (Lipinski definition) is 4. The van der Waals surface area contributed by atoms with Crippen LogP contribution >= 0.6 is 0 Å². The number of aromatic nitrogens is 1. The summed E-state index contributed by atoms with van der Waals surface area (Å²) in [7, 11) is 0. The first kappa shape index (κ1) is 15.5. The SMILES string of the molecule is Cc1ccc(-c2ccc(CNCC(O)c3ccncc3)o2)cc1. The Kier molecular flexibility index (Phi) is 4.86. The molecule has 1 aromatic carbocycles. The van der Waals surface area contributed by atoms with Crippen LogP contribution in [-0.4, -0.2) is 16.6 Å². The molecule has 0 aliphatic heterocycles. The van der Waals surface area contributed by atoms with E-state index in [2.05, 4.69) is 41.5 Å². The van der Waals surface area contributed by atoms with E-state index >= 15 is 0 Å². The lowest BCUT2D eigenvalue weighted by atomic mass is 10.1. The van der Waals surface area contributed by atoms with E-state index in [4.69, 9.17) is 4.42 Å². The first-order valence-electron chi connectivity index (χ1n) is 7.67. The molecule has 2 N–H and O–H groups in total. The lowest BCUT2D eigenvalue weighted by molar-refractivity contribution is 0.173. The Bertz CT molecular complexity index is 736. The zero-order valence-corrected chi connectivity index (χ0v) is 13.1. The summed E-state index contributed by atoms with van der Waals surface area (Å²) in [5, 5.41) is 13.3. The van der Waals surface area contributed by atoms with E-state index in [0.29, 0.717) is 13.1 Å². The molecule has 1 unspecified atom stereocenters. The van der Waals surface area contributed by atoms with Gasteiger partial charge in [-0.2, -0.15) is 0 Å². The normalized spacial score (nSPS) is 12.3. The Morgan fingerprint density at radius 2 is 1.78 bits per heavy atom. The van der Waals surface area contributed by atoms with Crippen LogP contribution in [-0.2, 0) is 6.54 Å². The number of benzene rings is 1. The Morgan fingerprint density at radius 1 is 1.04 bits per heavy atom. The predicted molar refractivity (Wildman–Crippen MR) is 89.8 cm³/mol. The van der Waals surface area contributed by atoms with Crippen LogP contribution in [0.5, 0.6) is 0 Å². The zero-order valence-electron chi connectivity index (χ0n) is 13.1. The molecule has 2 aromatic heterocycles. The number of aryl methyl sites for hydroxylation is 1. The van der Waals surface area contributed by atoms with Crippen molar-refractivity contribution in [3.8, 4) is 11.3 Å². The van der Waals surface area contributed by atoms with Gasteiger partial charge in [-0.3, -0.25) is 4.98 Å². The number of rotatable bonds is 6. The van der Waals surface area contributed by atoms with Crippen LogP contribution < -0.4 is 5.32 Å². The van der Waals surface area contributed by atoms with E-state index in [1.807, 2.05) is 24.3 Å². The van der Waals surface area contributed by atoms with Crippen molar-refractivity contribution in [1.82, 2.24) is 10.3 Å². The van der Waals surface area contributed by atoms with Crippen molar-refractivity contribution in [1.29, 1.82) is 0 Å². The summed E-state index contributed by atoms with van der Waals surface area (Å²) >= 11 is 0. The molecule has 0 amide bonds. The highest BCUT2D eigenvalue weighted by Crippen LogP contribution is 2.22. The van der Waals surface area contributed by atoms with Gasteiger partial charge >= 0.3 is 0 Å². The fourth-order valence-electron chi connectivity index (χ4n) is 2.38.